The maximum absolute atomic E-state index is 9.78. The Morgan fingerprint density at radius 2 is 2.06 bits per heavy atom. The molecule has 0 aliphatic heterocycles. The predicted octanol–water partition coefficient (Wildman–Crippen LogP) is 3.19. The van der Waals surface area contributed by atoms with Gasteiger partial charge >= 0.3 is 0 Å². The third-order valence-corrected chi connectivity index (χ3v) is 4.01. The highest BCUT2D eigenvalue weighted by atomic mass is 16.3. The van der Waals surface area contributed by atoms with Crippen LogP contribution in [0.2, 0.25) is 0 Å². The third-order valence-electron chi connectivity index (χ3n) is 4.01. The molecule has 1 fully saturated rings. The Morgan fingerprint density at radius 3 is 2.62 bits per heavy atom. The first-order valence-electron chi connectivity index (χ1n) is 7.12. The molecule has 1 rings (SSSR count). The summed E-state index contributed by atoms with van der Waals surface area (Å²) in [7, 11) is 0. The van der Waals surface area contributed by atoms with E-state index in [9.17, 15) is 5.11 Å². The van der Waals surface area contributed by atoms with Crippen LogP contribution >= 0.6 is 0 Å². The van der Waals surface area contributed by atoms with Crippen LogP contribution in [0.4, 0.5) is 0 Å². The molecule has 3 atom stereocenters. The fraction of sp³-hybridized carbons (Fsp3) is 1.00. The summed E-state index contributed by atoms with van der Waals surface area (Å²) in [6.07, 6.45) is 8.21. The Hall–Kier alpha value is -0.0800. The molecule has 0 aromatic heterocycles. The van der Waals surface area contributed by atoms with Gasteiger partial charge in [0.15, 0.2) is 0 Å². The molecule has 1 aliphatic rings. The van der Waals surface area contributed by atoms with Crippen molar-refractivity contribution in [1.82, 2.24) is 4.90 Å². The SMILES string of the molecule is CCCCN(C(C)CC)C1CCCC(O)C1. The highest BCUT2D eigenvalue weighted by molar-refractivity contribution is 4.82. The Balaban J connectivity index is 2.52. The molecule has 3 unspecified atom stereocenters. The quantitative estimate of drug-likeness (QED) is 0.753. The second-order valence-electron chi connectivity index (χ2n) is 5.32. The van der Waals surface area contributed by atoms with E-state index in [1.165, 1.54) is 38.6 Å². The van der Waals surface area contributed by atoms with Crippen molar-refractivity contribution in [2.24, 2.45) is 0 Å². The molecule has 0 aromatic carbocycles. The molecule has 1 saturated carbocycles. The zero-order valence-corrected chi connectivity index (χ0v) is 11.3. The first kappa shape index (κ1) is 14.0. The van der Waals surface area contributed by atoms with E-state index in [1.54, 1.807) is 0 Å². The average molecular weight is 227 g/mol. The smallest absolute Gasteiger partial charge is 0.0555 e. The lowest BCUT2D eigenvalue weighted by Gasteiger charge is -2.39. The fourth-order valence-corrected chi connectivity index (χ4v) is 2.78. The van der Waals surface area contributed by atoms with Crippen molar-refractivity contribution in [2.75, 3.05) is 6.54 Å². The Morgan fingerprint density at radius 1 is 1.31 bits per heavy atom. The monoisotopic (exact) mass is 227 g/mol. The van der Waals surface area contributed by atoms with Gasteiger partial charge in [-0.25, -0.2) is 0 Å². The van der Waals surface area contributed by atoms with Gasteiger partial charge in [0.05, 0.1) is 6.10 Å². The Bertz CT molecular complexity index is 184. The molecule has 1 N–H and O–H groups in total. The van der Waals surface area contributed by atoms with Crippen molar-refractivity contribution in [3.05, 3.63) is 0 Å². The van der Waals surface area contributed by atoms with E-state index in [2.05, 4.69) is 25.7 Å². The molecule has 0 spiro atoms. The van der Waals surface area contributed by atoms with E-state index >= 15 is 0 Å². The van der Waals surface area contributed by atoms with Gasteiger partial charge in [-0.1, -0.05) is 20.3 Å². The first-order chi connectivity index (χ1) is 7.69. The van der Waals surface area contributed by atoms with Crippen LogP contribution in [0, 0.1) is 0 Å². The second kappa shape index (κ2) is 7.29. The molecule has 0 aromatic rings. The molecule has 0 radical (unpaired) electrons. The van der Waals surface area contributed by atoms with E-state index in [0.717, 1.165) is 12.8 Å². The van der Waals surface area contributed by atoms with Crippen LogP contribution in [-0.4, -0.2) is 34.7 Å². The molecule has 2 nitrogen and oxygen atoms in total. The van der Waals surface area contributed by atoms with Crippen molar-refractivity contribution in [2.45, 2.75) is 83.9 Å². The summed E-state index contributed by atoms with van der Waals surface area (Å²) in [5, 5.41) is 9.78. The van der Waals surface area contributed by atoms with Gasteiger partial charge in [-0.05, 0) is 52.0 Å². The molecule has 1 aliphatic carbocycles. The molecule has 0 bridgehead atoms. The predicted molar refractivity (Wildman–Crippen MR) is 69.6 cm³/mol. The maximum Gasteiger partial charge on any atom is 0.0555 e. The van der Waals surface area contributed by atoms with Gasteiger partial charge in [0.1, 0.15) is 0 Å². The number of rotatable bonds is 6. The summed E-state index contributed by atoms with van der Waals surface area (Å²) in [5.74, 6) is 0. The molecule has 0 amide bonds. The molecule has 0 heterocycles. The maximum atomic E-state index is 9.78. The Kier molecular flexibility index (Phi) is 6.37. The van der Waals surface area contributed by atoms with Crippen molar-refractivity contribution in [1.29, 1.82) is 0 Å². The number of hydrogen-bond donors (Lipinski definition) is 1. The Labute approximate surface area is 101 Å². The first-order valence-corrected chi connectivity index (χ1v) is 7.12. The molecular formula is C14H29NO. The van der Waals surface area contributed by atoms with Gasteiger partial charge < -0.3 is 5.11 Å². The van der Waals surface area contributed by atoms with Crippen molar-refractivity contribution < 1.29 is 5.11 Å². The van der Waals surface area contributed by atoms with Gasteiger partial charge in [0.2, 0.25) is 0 Å². The summed E-state index contributed by atoms with van der Waals surface area (Å²) >= 11 is 0. The number of aliphatic hydroxyl groups is 1. The molecule has 96 valence electrons. The number of unbranched alkanes of at least 4 members (excludes halogenated alkanes) is 1. The van der Waals surface area contributed by atoms with Crippen LogP contribution < -0.4 is 0 Å². The minimum Gasteiger partial charge on any atom is -0.393 e. The largest absolute Gasteiger partial charge is 0.393 e. The van der Waals surface area contributed by atoms with E-state index in [4.69, 9.17) is 0 Å². The third kappa shape index (κ3) is 4.06. The highest BCUT2D eigenvalue weighted by Crippen LogP contribution is 2.25. The molecule has 2 heteroatoms. The lowest BCUT2D eigenvalue weighted by Crippen LogP contribution is -2.45. The number of hydrogen-bond acceptors (Lipinski definition) is 2. The summed E-state index contributed by atoms with van der Waals surface area (Å²) in [6, 6.07) is 1.30. The van der Waals surface area contributed by atoms with E-state index in [1.807, 2.05) is 0 Å². The van der Waals surface area contributed by atoms with E-state index in [-0.39, 0.29) is 6.10 Å². The van der Waals surface area contributed by atoms with Crippen molar-refractivity contribution in [3.8, 4) is 0 Å². The van der Waals surface area contributed by atoms with Crippen LogP contribution in [0.3, 0.4) is 0 Å². The number of nitrogens with zero attached hydrogens (tertiary/aromatic N) is 1. The van der Waals surface area contributed by atoms with Crippen LogP contribution in [0.5, 0.6) is 0 Å². The minimum absolute atomic E-state index is 0.0491. The lowest BCUT2D eigenvalue weighted by molar-refractivity contribution is 0.0420. The van der Waals surface area contributed by atoms with Gasteiger partial charge in [0, 0.05) is 12.1 Å². The van der Waals surface area contributed by atoms with Crippen LogP contribution in [0.25, 0.3) is 0 Å². The average Bonchev–Trinajstić information content (AvgIpc) is 2.29. The van der Waals surface area contributed by atoms with Crippen molar-refractivity contribution in [3.63, 3.8) is 0 Å². The van der Waals surface area contributed by atoms with Gasteiger partial charge in [-0.3, -0.25) is 4.90 Å². The summed E-state index contributed by atoms with van der Waals surface area (Å²) < 4.78 is 0. The van der Waals surface area contributed by atoms with Crippen LogP contribution in [0.15, 0.2) is 0 Å². The van der Waals surface area contributed by atoms with Crippen LogP contribution in [0.1, 0.15) is 65.7 Å². The second-order valence-corrected chi connectivity index (χ2v) is 5.32. The normalized spacial score (nSPS) is 28.3. The zero-order chi connectivity index (χ0) is 12.0. The zero-order valence-electron chi connectivity index (χ0n) is 11.3. The molecule has 0 saturated heterocycles. The summed E-state index contributed by atoms with van der Waals surface area (Å²) in [6.45, 7) is 8.06. The van der Waals surface area contributed by atoms with Crippen molar-refractivity contribution >= 4 is 0 Å². The van der Waals surface area contributed by atoms with E-state index in [0.29, 0.717) is 12.1 Å². The number of aliphatic hydroxyl groups excluding tert-OH is 1. The lowest BCUT2D eigenvalue weighted by atomic mass is 9.90. The standard InChI is InChI=1S/C14H29NO/c1-4-6-10-15(12(3)5-2)13-8-7-9-14(16)11-13/h12-14,16H,4-11H2,1-3H3. The van der Waals surface area contributed by atoms with Gasteiger partial charge in [-0.15, -0.1) is 0 Å². The summed E-state index contributed by atoms with van der Waals surface area (Å²) in [5.41, 5.74) is 0. The minimum atomic E-state index is -0.0491. The topological polar surface area (TPSA) is 23.5 Å². The van der Waals surface area contributed by atoms with Crippen LogP contribution in [-0.2, 0) is 0 Å². The van der Waals surface area contributed by atoms with Gasteiger partial charge in [0.25, 0.3) is 0 Å². The van der Waals surface area contributed by atoms with Gasteiger partial charge in [-0.2, -0.15) is 0 Å². The highest BCUT2D eigenvalue weighted by Gasteiger charge is 2.27. The van der Waals surface area contributed by atoms with E-state index < -0.39 is 0 Å². The summed E-state index contributed by atoms with van der Waals surface area (Å²) in [4.78, 5) is 2.64. The molecular weight excluding hydrogens is 198 g/mol. The molecule has 16 heavy (non-hydrogen) atoms. The fourth-order valence-electron chi connectivity index (χ4n) is 2.78.